The zero-order chi connectivity index (χ0) is 18.3. The Hall–Kier alpha value is -0.940. The minimum Gasteiger partial charge on any atom is -0.481 e. The number of aldehydes is 1. The van der Waals surface area contributed by atoms with Gasteiger partial charge in [-0.1, -0.05) is 13.3 Å². The van der Waals surface area contributed by atoms with Crippen molar-refractivity contribution >= 4 is 12.3 Å². The minimum atomic E-state index is -1.11. The molecule has 0 heterocycles. The van der Waals surface area contributed by atoms with Crippen molar-refractivity contribution in [2.75, 3.05) is 6.61 Å². The van der Waals surface area contributed by atoms with Crippen molar-refractivity contribution in [3.8, 4) is 0 Å². The number of hydrogen-bond donors (Lipinski definition) is 3. The molecule has 4 rings (SSSR count). The Morgan fingerprint density at radius 2 is 1.96 bits per heavy atom. The van der Waals surface area contributed by atoms with Gasteiger partial charge in [0.25, 0.3) is 0 Å². The number of rotatable bonds is 3. The fourth-order valence-corrected chi connectivity index (χ4v) is 8.24. The molecule has 0 aliphatic heterocycles. The third-order valence-electron chi connectivity index (χ3n) is 9.06. The van der Waals surface area contributed by atoms with E-state index in [0.29, 0.717) is 12.8 Å². The predicted molar refractivity (Wildman–Crippen MR) is 90.7 cm³/mol. The molecule has 4 aliphatic rings. The van der Waals surface area contributed by atoms with Gasteiger partial charge in [-0.3, -0.25) is 4.79 Å². The number of fused-ring (bicyclic) bond motifs is 3. The molecule has 0 aromatic rings. The lowest BCUT2D eigenvalue weighted by Gasteiger charge is -2.50. The van der Waals surface area contributed by atoms with Gasteiger partial charge in [0, 0.05) is 5.92 Å². The molecule has 4 saturated carbocycles. The molecule has 8 atom stereocenters. The normalized spacial score (nSPS) is 57.0. The first-order valence-electron chi connectivity index (χ1n) is 9.70. The number of carboxylic acid groups (broad SMARTS) is 1. The molecule has 25 heavy (non-hydrogen) atoms. The van der Waals surface area contributed by atoms with Crippen LogP contribution < -0.4 is 0 Å². The Kier molecular flexibility index (Phi) is 3.54. The zero-order valence-corrected chi connectivity index (χ0v) is 15.2. The van der Waals surface area contributed by atoms with Crippen LogP contribution in [-0.4, -0.2) is 39.8 Å². The predicted octanol–water partition coefficient (Wildman–Crippen LogP) is 2.24. The smallest absolute Gasteiger partial charge is 0.309 e. The van der Waals surface area contributed by atoms with Crippen molar-refractivity contribution < 1.29 is 24.9 Å². The number of aliphatic carboxylic acids is 1. The maximum absolute atomic E-state index is 12.3. The van der Waals surface area contributed by atoms with Crippen molar-refractivity contribution in [3.05, 3.63) is 0 Å². The van der Waals surface area contributed by atoms with E-state index < -0.39 is 17.0 Å². The number of carbonyl (C=O) groups is 2. The fraction of sp³-hybridized carbons (Fsp3) is 0.900. The van der Waals surface area contributed by atoms with Crippen molar-refractivity contribution in [2.24, 2.45) is 39.9 Å². The van der Waals surface area contributed by atoms with E-state index in [4.69, 9.17) is 0 Å². The zero-order valence-electron chi connectivity index (χ0n) is 15.2. The van der Waals surface area contributed by atoms with Crippen molar-refractivity contribution in [1.29, 1.82) is 0 Å². The van der Waals surface area contributed by atoms with E-state index in [2.05, 4.69) is 6.92 Å². The van der Waals surface area contributed by atoms with Gasteiger partial charge in [-0.2, -0.15) is 0 Å². The summed E-state index contributed by atoms with van der Waals surface area (Å²) in [6.07, 6.45) is 6.43. The molecule has 0 radical (unpaired) electrons. The summed E-state index contributed by atoms with van der Waals surface area (Å²) >= 11 is 0. The van der Waals surface area contributed by atoms with Crippen LogP contribution in [0.1, 0.15) is 58.8 Å². The summed E-state index contributed by atoms with van der Waals surface area (Å²) in [5.74, 6) is -1.04. The third-order valence-corrected chi connectivity index (χ3v) is 9.06. The van der Waals surface area contributed by atoms with E-state index in [0.717, 1.165) is 38.4 Å². The van der Waals surface area contributed by atoms with E-state index in [-0.39, 0.29) is 41.1 Å². The molecule has 140 valence electrons. The highest BCUT2D eigenvalue weighted by molar-refractivity contribution is 5.76. The molecule has 0 aromatic heterocycles. The lowest BCUT2D eigenvalue weighted by atomic mass is 9.53. The molecule has 0 amide bonds. The van der Waals surface area contributed by atoms with Gasteiger partial charge in [0.15, 0.2) is 0 Å². The van der Waals surface area contributed by atoms with Gasteiger partial charge in [-0.05, 0) is 74.0 Å². The molecule has 1 spiro atoms. The SMILES string of the molecule is C[C@@]12CCC[C@@](C)(C(=O)O)[C@H]1[C@H](C=O)[C@@]13C[C@@H](CC[C@@H]21)[C@@](O)(CO)C3. The highest BCUT2D eigenvalue weighted by Gasteiger charge is 2.75. The number of carboxylic acids is 1. The highest BCUT2D eigenvalue weighted by atomic mass is 16.4. The second-order valence-corrected chi connectivity index (χ2v) is 9.92. The highest BCUT2D eigenvalue weighted by Crippen LogP contribution is 2.77. The second kappa shape index (κ2) is 5.07. The summed E-state index contributed by atoms with van der Waals surface area (Å²) in [7, 11) is 0. The summed E-state index contributed by atoms with van der Waals surface area (Å²) in [6, 6.07) is 0. The lowest BCUT2D eigenvalue weighted by molar-refractivity contribution is -0.161. The molecule has 4 aliphatic carbocycles. The third kappa shape index (κ3) is 1.86. The van der Waals surface area contributed by atoms with Gasteiger partial charge >= 0.3 is 5.97 Å². The van der Waals surface area contributed by atoms with Gasteiger partial charge < -0.3 is 20.1 Å². The van der Waals surface area contributed by atoms with Crippen LogP contribution in [0.25, 0.3) is 0 Å². The molecule has 2 bridgehead atoms. The standard InChI is InChI=1S/C20H30O5/c1-17-6-3-7-18(2,16(23)24)15(17)13(9-21)19-8-12(4-5-14(17)19)20(25,10-19)11-22/h9,12-15,22,25H,3-8,10-11H2,1-2H3,(H,23,24)/t12-,13+,14+,15+,17+,18-,19+,20+/m1/s1. The van der Waals surface area contributed by atoms with Gasteiger partial charge in [-0.25, -0.2) is 0 Å². The maximum Gasteiger partial charge on any atom is 0.309 e. The lowest BCUT2D eigenvalue weighted by Crippen LogP contribution is -2.49. The second-order valence-electron chi connectivity index (χ2n) is 9.92. The Labute approximate surface area is 148 Å². The van der Waals surface area contributed by atoms with Crippen LogP contribution in [0.3, 0.4) is 0 Å². The average molecular weight is 350 g/mol. The van der Waals surface area contributed by atoms with Crippen molar-refractivity contribution in [3.63, 3.8) is 0 Å². The van der Waals surface area contributed by atoms with Crippen molar-refractivity contribution in [2.45, 2.75) is 64.4 Å². The first-order chi connectivity index (χ1) is 11.7. The Morgan fingerprint density at radius 1 is 1.24 bits per heavy atom. The van der Waals surface area contributed by atoms with Gasteiger partial charge in [0.2, 0.25) is 0 Å². The van der Waals surface area contributed by atoms with Gasteiger partial charge in [0.1, 0.15) is 6.29 Å². The fourth-order valence-electron chi connectivity index (χ4n) is 8.24. The molecule has 0 unspecified atom stereocenters. The van der Waals surface area contributed by atoms with Crippen molar-refractivity contribution in [1.82, 2.24) is 0 Å². The number of aliphatic hydroxyl groups excluding tert-OH is 1. The Bertz CT molecular complexity index is 619. The van der Waals surface area contributed by atoms with Gasteiger partial charge in [-0.15, -0.1) is 0 Å². The molecule has 5 nitrogen and oxygen atoms in total. The summed E-state index contributed by atoms with van der Waals surface area (Å²) < 4.78 is 0. The molecule has 0 saturated heterocycles. The van der Waals surface area contributed by atoms with Crippen LogP contribution >= 0.6 is 0 Å². The van der Waals surface area contributed by atoms with E-state index in [9.17, 15) is 24.9 Å². The van der Waals surface area contributed by atoms with Crippen LogP contribution in [0.2, 0.25) is 0 Å². The van der Waals surface area contributed by atoms with Gasteiger partial charge in [0.05, 0.1) is 17.6 Å². The largest absolute Gasteiger partial charge is 0.481 e. The Morgan fingerprint density at radius 3 is 2.56 bits per heavy atom. The summed E-state index contributed by atoms with van der Waals surface area (Å²) in [5.41, 5.74) is -2.52. The molecule has 0 aromatic carbocycles. The molecule has 5 heteroatoms. The molecular formula is C20H30O5. The van der Waals surface area contributed by atoms with Crippen LogP contribution in [0, 0.1) is 39.9 Å². The van der Waals surface area contributed by atoms with Crippen LogP contribution in [0.5, 0.6) is 0 Å². The van der Waals surface area contributed by atoms with E-state index >= 15 is 0 Å². The average Bonchev–Trinajstić information content (AvgIpc) is 2.93. The number of carbonyl (C=O) groups excluding carboxylic acids is 1. The summed E-state index contributed by atoms with van der Waals surface area (Å²) in [5, 5.41) is 30.8. The molecular weight excluding hydrogens is 320 g/mol. The van der Waals surface area contributed by atoms with Crippen LogP contribution in [0.4, 0.5) is 0 Å². The first-order valence-corrected chi connectivity index (χ1v) is 9.70. The minimum absolute atomic E-state index is 0.0241. The van der Waals surface area contributed by atoms with E-state index in [1.54, 1.807) is 0 Å². The number of hydrogen-bond acceptors (Lipinski definition) is 4. The van der Waals surface area contributed by atoms with Crippen LogP contribution in [-0.2, 0) is 9.59 Å². The van der Waals surface area contributed by atoms with E-state index in [1.165, 1.54) is 0 Å². The summed E-state index contributed by atoms with van der Waals surface area (Å²) in [6.45, 7) is 3.76. The Balaban J connectivity index is 1.88. The summed E-state index contributed by atoms with van der Waals surface area (Å²) in [4.78, 5) is 24.5. The van der Waals surface area contributed by atoms with Crippen LogP contribution in [0.15, 0.2) is 0 Å². The van der Waals surface area contributed by atoms with E-state index in [1.807, 2.05) is 6.92 Å². The maximum atomic E-state index is 12.3. The molecule has 4 fully saturated rings. The topological polar surface area (TPSA) is 94.8 Å². The quantitative estimate of drug-likeness (QED) is 0.679. The monoisotopic (exact) mass is 350 g/mol. The molecule has 3 N–H and O–H groups in total. The number of aliphatic hydroxyl groups is 2. The first kappa shape index (κ1) is 17.5.